The monoisotopic (exact) mass is 269 g/mol. The van der Waals surface area contributed by atoms with Gasteiger partial charge in [0.15, 0.2) is 0 Å². The lowest BCUT2D eigenvalue weighted by Gasteiger charge is -2.12. The van der Waals surface area contributed by atoms with E-state index in [0.717, 1.165) is 6.33 Å². The lowest BCUT2D eigenvalue weighted by atomic mass is 10.4. The van der Waals surface area contributed by atoms with E-state index in [-0.39, 0.29) is 36.4 Å². The van der Waals surface area contributed by atoms with Crippen LogP contribution in [0.3, 0.4) is 0 Å². The Morgan fingerprint density at radius 3 is 2.74 bits per heavy atom. The van der Waals surface area contributed by atoms with Crippen LogP contribution < -0.4 is 16.4 Å². The first-order valence-corrected chi connectivity index (χ1v) is 5.37. The van der Waals surface area contributed by atoms with Gasteiger partial charge in [0.25, 0.3) is 0 Å². The molecule has 0 fully saturated rings. The molecule has 0 bridgehead atoms. The summed E-state index contributed by atoms with van der Waals surface area (Å²) in [7, 11) is 3.22. The molecule has 10 nitrogen and oxygen atoms in total. The number of amides is 2. The van der Waals surface area contributed by atoms with E-state index in [9.17, 15) is 14.9 Å². The fourth-order valence-corrected chi connectivity index (χ4v) is 1.21. The van der Waals surface area contributed by atoms with Crippen molar-refractivity contribution in [3.8, 4) is 0 Å². The number of anilines is 2. The van der Waals surface area contributed by atoms with Gasteiger partial charge in [-0.05, 0) is 0 Å². The number of nitrogen functional groups attached to an aromatic ring is 1. The minimum atomic E-state index is -0.657. The zero-order chi connectivity index (χ0) is 14.4. The van der Waals surface area contributed by atoms with Crippen molar-refractivity contribution in [2.45, 2.75) is 0 Å². The van der Waals surface area contributed by atoms with Crippen LogP contribution in [0.4, 0.5) is 22.1 Å². The van der Waals surface area contributed by atoms with E-state index >= 15 is 0 Å². The van der Waals surface area contributed by atoms with E-state index in [1.54, 1.807) is 14.1 Å². The Labute approximate surface area is 109 Å². The van der Waals surface area contributed by atoms with E-state index in [1.165, 1.54) is 4.90 Å². The molecule has 0 saturated carbocycles. The zero-order valence-electron chi connectivity index (χ0n) is 10.6. The predicted octanol–water partition coefficient (Wildman–Crippen LogP) is -0.350. The smallest absolute Gasteiger partial charge is 0.352 e. The number of nitro groups is 1. The number of hydrogen-bond acceptors (Lipinski definition) is 7. The summed E-state index contributed by atoms with van der Waals surface area (Å²) in [5.74, 6) is -0.184. The Hall–Kier alpha value is -2.65. The average Bonchev–Trinajstić information content (AvgIpc) is 2.33. The summed E-state index contributed by atoms with van der Waals surface area (Å²) in [4.78, 5) is 30.0. The van der Waals surface area contributed by atoms with Crippen molar-refractivity contribution >= 4 is 23.4 Å². The van der Waals surface area contributed by atoms with Crippen LogP contribution in [0.2, 0.25) is 0 Å². The van der Waals surface area contributed by atoms with Gasteiger partial charge < -0.3 is 21.3 Å². The van der Waals surface area contributed by atoms with Gasteiger partial charge in [-0.3, -0.25) is 10.1 Å². The third-order valence-electron chi connectivity index (χ3n) is 2.13. The molecule has 0 unspecified atom stereocenters. The third-order valence-corrected chi connectivity index (χ3v) is 2.13. The molecule has 104 valence electrons. The molecule has 10 heteroatoms. The maximum absolute atomic E-state index is 11.2. The molecule has 0 atom stereocenters. The molecule has 0 saturated heterocycles. The summed E-state index contributed by atoms with van der Waals surface area (Å²) >= 11 is 0. The summed E-state index contributed by atoms with van der Waals surface area (Å²) in [6.07, 6.45) is 1.13. The predicted molar refractivity (Wildman–Crippen MR) is 68.7 cm³/mol. The fraction of sp³-hybridized carbons (Fsp3) is 0.444. The molecule has 1 heterocycles. The molecule has 1 rings (SSSR count). The molecule has 0 aliphatic heterocycles. The molecule has 0 aromatic carbocycles. The maximum Gasteiger partial charge on any atom is 0.352 e. The number of nitrogens with one attached hydrogen (secondary N) is 2. The van der Waals surface area contributed by atoms with Crippen molar-refractivity contribution in [2.24, 2.45) is 0 Å². The summed E-state index contributed by atoms with van der Waals surface area (Å²) < 4.78 is 0. The number of nitrogens with zero attached hydrogens (tertiary/aromatic N) is 4. The molecule has 0 aliphatic rings. The highest BCUT2D eigenvalue weighted by atomic mass is 16.6. The zero-order valence-corrected chi connectivity index (χ0v) is 10.6. The number of aromatic nitrogens is 2. The van der Waals surface area contributed by atoms with Crippen LogP contribution in [-0.2, 0) is 0 Å². The van der Waals surface area contributed by atoms with Gasteiger partial charge in [0, 0.05) is 27.2 Å². The van der Waals surface area contributed by atoms with Gasteiger partial charge in [0.05, 0.1) is 4.92 Å². The van der Waals surface area contributed by atoms with Crippen LogP contribution in [0, 0.1) is 10.1 Å². The highest BCUT2D eigenvalue weighted by Gasteiger charge is 2.20. The van der Waals surface area contributed by atoms with Gasteiger partial charge >= 0.3 is 11.7 Å². The minimum Gasteiger partial charge on any atom is -0.378 e. The summed E-state index contributed by atoms with van der Waals surface area (Å²) in [5, 5.41) is 16.1. The quantitative estimate of drug-likeness (QED) is 0.377. The third kappa shape index (κ3) is 3.94. The summed E-state index contributed by atoms with van der Waals surface area (Å²) in [6.45, 7) is 0.564. The van der Waals surface area contributed by atoms with Crippen LogP contribution in [0.15, 0.2) is 6.33 Å². The van der Waals surface area contributed by atoms with E-state index in [4.69, 9.17) is 5.73 Å². The van der Waals surface area contributed by atoms with Crippen molar-refractivity contribution in [1.29, 1.82) is 0 Å². The van der Waals surface area contributed by atoms with Gasteiger partial charge in [-0.2, -0.15) is 0 Å². The summed E-state index contributed by atoms with van der Waals surface area (Å²) in [6, 6.07) is -0.251. The second-order valence-corrected chi connectivity index (χ2v) is 3.77. The van der Waals surface area contributed by atoms with Gasteiger partial charge in [-0.15, -0.1) is 0 Å². The van der Waals surface area contributed by atoms with E-state index < -0.39 is 4.92 Å². The van der Waals surface area contributed by atoms with Crippen molar-refractivity contribution in [2.75, 3.05) is 38.2 Å². The van der Waals surface area contributed by atoms with Gasteiger partial charge in [-0.25, -0.2) is 14.8 Å². The largest absolute Gasteiger partial charge is 0.378 e. The SMILES string of the molecule is CN(C)C(=O)NCCNc1ncnc(N)c1[N+](=O)[O-]. The lowest BCUT2D eigenvalue weighted by molar-refractivity contribution is -0.383. The van der Waals surface area contributed by atoms with Crippen LogP contribution in [-0.4, -0.2) is 53.0 Å². The Bertz CT molecular complexity index is 477. The van der Waals surface area contributed by atoms with Gasteiger partial charge in [0.1, 0.15) is 6.33 Å². The highest BCUT2D eigenvalue weighted by molar-refractivity contribution is 5.73. The molecule has 19 heavy (non-hydrogen) atoms. The van der Waals surface area contributed by atoms with Gasteiger partial charge in [0.2, 0.25) is 11.6 Å². The standard InChI is InChI=1S/C9H15N7O3/c1-15(2)9(17)12-4-3-11-8-6(16(18)19)7(10)13-5-14-8/h5H,3-4H2,1-2H3,(H,12,17)(H3,10,11,13,14). The first-order valence-electron chi connectivity index (χ1n) is 5.37. The second-order valence-electron chi connectivity index (χ2n) is 3.77. The Morgan fingerprint density at radius 1 is 1.47 bits per heavy atom. The van der Waals surface area contributed by atoms with Crippen LogP contribution in [0.5, 0.6) is 0 Å². The van der Waals surface area contributed by atoms with E-state index in [0.29, 0.717) is 0 Å². The second kappa shape index (κ2) is 6.33. The fourth-order valence-electron chi connectivity index (χ4n) is 1.21. The van der Waals surface area contributed by atoms with Gasteiger partial charge in [-0.1, -0.05) is 0 Å². The molecule has 1 aromatic rings. The van der Waals surface area contributed by atoms with Crippen molar-refractivity contribution < 1.29 is 9.72 Å². The first kappa shape index (κ1) is 14.4. The number of urea groups is 1. The number of carbonyl (C=O) groups excluding carboxylic acids is 1. The summed E-state index contributed by atoms with van der Waals surface area (Å²) in [5.41, 5.74) is 5.03. The Kier molecular flexibility index (Phi) is 4.80. The minimum absolute atomic E-state index is 0.0246. The van der Waals surface area contributed by atoms with Crippen LogP contribution >= 0.6 is 0 Å². The molecule has 4 N–H and O–H groups in total. The van der Waals surface area contributed by atoms with Crippen molar-refractivity contribution in [3.63, 3.8) is 0 Å². The number of rotatable bonds is 5. The average molecular weight is 269 g/mol. The lowest BCUT2D eigenvalue weighted by Crippen LogP contribution is -2.37. The molecule has 2 amide bonds. The maximum atomic E-state index is 11.2. The van der Waals surface area contributed by atoms with Crippen LogP contribution in [0.25, 0.3) is 0 Å². The molecular weight excluding hydrogens is 254 g/mol. The molecule has 0 spiro atoms. The van der Waals surface area contributed by atoms with E-state index in [2.05, 4.69) is 20.6 Å². The molecule has 0 aliphatic carbocycles. The topological polar surface area (TPSA) is 139 Å². The van der Waals surface area contributed by atoms with Crippen LogP contribution in [0.1, 0.15) is 0 Å². The van der Waals surface area contributed by atoms with E-state index in [1.807, 2.05) is 0 Å². The van der Waals surface area contributed by atoms with Crippen molar-refractivity contribution in [3.05, 3.63) is 16.4 Å². The first-order chi connectivity index (χ1) is 8.93. The normalized spacial score (nSPS) is 9.79. The molecular formula is C9H15N7O3. The highest BCUT2D eigenvalue weighted by Crippen LogP contribution is 2.25. The molecule has 1 aromatic heterocycles. The number of nitrogens with two attached hydrogens (primary N) is 1. The number of carbonyl (C=O) groups is 1. The Balaban J connectivity index is 2.57. The molecule has 0 radical (unpaired) electrons. The number of hydrogen-bond donors (Lipinski definition) is 3. The Morgan fingerprint density at radius 2 is 2.16 bits per heavy atom. The van der Waals surface area contributed by atoms with Crippen molar-refractivity contribution in [1.82, 2.24) is 20.2 Å².